The van der Waals surface area contributed by atoms with Crippen LogP contribution in [0.2, 0.25) is 0 Å². The van der Waals surface area contributed by atoms with Crippen LogP contribution in [-0.2, 0) is 9.53 Å². The monoisotopic (exact) mass is 183 g/mol. The van der Waals surface area contributed by atoms with E-state index >= 15 is 0 Å². The SMILES string of the molecule is C#CCCCNC(C)CC(=O)OC. The predicted molar refractivity (Wildman–Crippen MR) is 52.2 cm³/mol. The lowest BCUT2D eigenvalue weighted by molar-refractivity contribution is -0.141. The molecule has 0 aromatic rings. The number of hydrogen-bond acceptors (Lipinski definition) is 3. The summed E-state index contributed by atoms with van der Waals surface area (Å²) in [4.78, 5) is 10.8. The summed E-state index contributed by atoms with van der Waals surface area (Å²) in [6.07, 6.45) is 7.23. The second-order valence-electron chi connectivity index (χ2n) is 2.94. The van der Waals surface area contributed by atoms with Gasteiger partial charge in [-0.1, -0.05) is 0 Å². The topological polar surface area (TPSA) is 38.3 Å². The molecule has 13 heavy (non-hydrogen) atoms. The van der Waals surface area contributed by atoms with Gasteiger partial charge in [-0.15, -0.1) is 12.3 Å². The van der Waals surface area contributed by atoms with Crippen molar-refractivity contribution in [1.82, 2.24) is 5.32 Å². The number of rotatable bonds is 6. The highest BCUT2D eigenvalue weighted by atomic mass is 16.5. The lowest BCUT2D eigenvalue weighted by Crippen LogP contribution is -2.29. The number of ether oxygens (including phenoxy) is 1. The van der Waals surface area contributed by atoms with Gasteiger partial charge in [-0.05, 0) is 19.9 Å². The molecule has 0 aromatic carbocycles. The molecule has 0 radical (unpaired) electrons. The third-order valence-corrected chi connectivity index (χ3v) is 1.69. The molecule has 0 aromatic heterocycles. The average molecular weight is 183 g/mol. The van der Waals surface area contributed by atoms with Gasteiger partial charge in [-0.25, -0.2) is 0 Å². The van der Waals surface area contributed by atoms with Gasteiger partial charge in [0.1, 0.15) is 0 Å². The molecule has 0 rings (SSSR count). The molecule has 3 heteroatoms. The van der Waals surface area contributed by atoms with Gasteiger partial charge in [0.25, 0.3) is 0 Å². The van der Waals surface area contributed by atoms with Crippen LogP contribution in [0.15, 0.2) is 0 Å². The van der Waals surface area contributed by atoms with E-state index in [1.807, 2.05) is 6.92 Å². The fraction of sp³-hybridized carbons (Fsp3) is 0.700. The Hall–Kier alpha value is -1.01. The number of esters is 1. The minimum absolute atomic E-state index is 0.158. The summed E-state index contributed by atoms with van der Waals surface area (Å²) in [5, 5.41) is 3.19. The molecule has 0 fully saturated rings. The van der Waals surface area contributed by atoms with Crippen LogP contribution in [0.4, 0.5) is 0 Å². The Bertz CT molecular complexity index is 184. The molecule has 0 aliphatic rings. The van der Waals surface area contributed by atoms with Crippen molar-refractivity contribution in [3.63, 3.8) is 0 Å². The second kappa shape index (κ2) is 7.63. The zero-order chi connectivity index (χ0) is 10.1. The second-order valence-corrected chi connectivity index (χ2v) is 2.94. The molecule has 0 spiro atoms. The first-order valence-corrected chi connectivity index (χ1v) is 4.44. The molecule has 0 saturated carbocycles. The van der Waals surface area contributed by atoms with Crippen molar-refractivity contribution >= 4 is 5.97 Å². The first-order chi connectivity index (χ1) is 6.20. The largest absolute Gasteiger partial charge is 0.469 e. The van der Waals surface area contributed by atoms with Crippen molar-refractivity contribution in [2.24, 2.45) is 0 Å². The maximum absolute atomic E-state index is 10.8. The fourth-order valence-electron chi connectivity index (χ4n) is 0.944. The molecule has 0 heterocycles. The van der Waals surface area contributed by atoms with Crippen molar-refractivity contribution in [1.29, 1.82) is 0 Å². The van der Waals surface area contributed by atoms with Crippen LogP contribution < -0.4 is 5.32 Å². The van der Waals surface area contributed by atoms with E-state index in [2.05, 4.69) is 16.0 Å². The summed E-state index contributed by atoms with van der Waals surface area (Å²) >= 11 is 0. The quantitative estimate of drug-likeness (QED) is 0.378. The average Bonchev–Trinajstić information content (AvgIpc) is 2.12. The number of carbonyl (C=O) groups is 1. The molecule has 3 nitrogen and oxygen atoms in total. The summed E-state index contributed by atoms with van der Waals surface area (Å²) in [5.74, 6) is 2.38. The zero-order valence-corrected chi connectivity index (χ0v) is 8.30. The van der Waals surface area contributed by atoms with Crippen LogP contribution in [0.1, 0.15) is 26.2 Å². The Morgan fingerprint density at radius 2 is 2.38 bits per heavy atom. The number of unbranched alkanes of at least 4 members (excludes halogenated alkanes) is 1. The van der Waals surface area contributed by atoms with Crippen LogP contribution in [0.5, 0.6) is 0 Å². The molecule has 74 valence electrons. The molecular weight excluding hydrogens is 166 g/mol. The third-order valence-electron chi connectivity index (χ3n) is 1.69. The van der Waals surface area contributed by atoms with E-state index in [0.29, 0.717) is 6.42 Å². The van der Waals surface area contributed by atoms with Crippen molar-refractivity contribution < 1.29 is 9.53 Å². The van der Waals surface area contributed by atoms with Crippen LogP contribution in [-0.4, -0.2) is 25.7 Å². The summed E-state index contributed by atoms with van der Waals surface area (Å²) in [6, 6.07) is 0.158. The van der Waals surface area contributed by atoms with E-state index in [-0.39, 0.29) is 12.0 Å². The lowest BCUT2D eigenvalue weighted by atomic mass is 10.2. The highest BCUT2D eigenvalue weighted by Gasteiger charge is 2.07. The maximum atomic E-state index is 10.8. The molecule has 0 aliphatic carbocycles. The first kappa shape index (κ1) is 12.0. The standard InChI is InChI=1S/C10H17NO2/c1-4-5-6-7-11-9(2)8-10(12)13-3/h1,9,11H,5-8H2,2-3H3. The van der Waals surface area contributed by atoms with E-state index in [1.165, 1.54) is 7.11 Å². The number of hydrogen-bond donors (Lipinski definition) is 1. The molecule has 1 unspecified atom stereocenters. The van der Waals surface area contributed by atoms with E-state index in [1.54, 1.807) is 0 Å². The van der Waals surface area contributed by atoms with Crippen molar-refractivity contribution in [2.45, 2.75) is 32.2 Å². The van der Waals surface area contributed by atoms with E-state index < -0.39 is 0 Å². The highest BCUT2D eigenvalue weighted by Crippen LogP contribution is 1.93. The zero-order valence-electron chi connectivity index (χ0n) is 8.30. The predicted octanol–water partition coefficient (Wildman–Crippen LogP) is 0.941. The summed E-state index contributed by atoms with van der Waals surface area (Å²) < 4.78 is 4.54. The molecule has 1 atom stereocenters. The van der Waals surface area contributed by atoms with Gasteiger partial charge in [0, 0.05) is 12.5 Å². The van der Waals surface area contributed by atoms with Gasteiger partial charge in [-0.2, -0.15) is 0 Å². The van der Waals surface area contributed by atoms with Crippen LogP contribution in [0.3, 0.4) is 0 Å². The van der Waals surface area contributed by atoms with E-state index in [4.69, 9.17) is 6.42 Å². The number of terminal acetylenes is 1. The first-order valence-electron chi connectivity index (χ1n) is 4.44. The van der Waals surface area contributed by atoms with Gasteiger partial charge in [0.05, 0.1) is 13.5 Å². The maximum Gasteiger partial charge on any atom is 0.307 e. The third kappa shape index (κ3) is 7.35. The Balaban J connectivity index is 3.36. The Morgan fingerprint density at radius 3 is 2.92 bits per heavy atom. The van der Waals surface area contributed by atoms with Crippen LogP contribution in [0, 0.1) is 12.3 Å². The Morgan fingerprint density at radius 1 is 1.69 bits per heavy atom. The van der Waals surface area contributed by atoms with Crippen LogP contribution in [0.25, 0.3) is 0 Å². The van der Waals surface area contributed by atoms with Crippen LogP contribution >= 0.6 is 0 Å². The Labute approximate surface area is 79.8 Å². The van der Waals surface area contributed by atoms with Crippen molar-refractivity contribution in [2.75, 3.05) is 13.7 Å². The summed E-state index contributed by atoms with van der Waals surface area (Å²) in [7, 11) is 1.40. The number of carbonyl (C=O) groups excluding carboxylic acids is 1. The van der Waals surface area contributed by atoms with Gasteiger partial charge in [0.2, 0.25) is 0 Å². The molecule has 1 N–H and O–H groups in total. The van der Waals surface area contributed by atoms with Gasteiger partial charge < -0.3 is 10.1 Å². The molecule has 0 aliphatic heterocycles. The molecule has 0 bridgehead atoms. The van der Waals surface area contributed by atoms with Gasteiger partial charge in [-0.3, -0.25) is 4.79 Å². The smallest absolute Gasteiger partial charge is 0.307 e. The minimum atomic E-state index is -0.183. The molecule has 0 saturated heterocycles. The summed E-state index contributed by atoms with van der Waals surface area (Å²) in [5.41, 5.74) is 0. The highest BCUT2D eigenvalue weighted by molar-refractivity contribution is 5.69. The Kier molecular flexibility index (Phi) is 7.04. The van der Waals surface area contributed by atoms with Gasteiger partial charge in [0.15, 0.2) is 0 Å². The fourth-order valence-corrected chi connectivity index (χ4v) is 0.944. The molecular formula is C10H17NO2. The van der Waals surface area contributed by atoms with Gasteiger partial charge >= 0.3 is 5.97 Å². The number of nitrogens with one attached hydrogen (secondary N) is 1. The van der Waals surface area contributed by atoms with E-state index in [0.717, 1.165) is 19.4 Å². The van der Waals surface area contributed by atoms with Crippen molar-refractivity contribution in [3.8, 4) is 12.3 Å². The minimum Gasteiger partial charge on any atom is -0.469 e. The lowest BCUT2D eigenvalue weighted by Gasteiger charge is -2.11. The summed E-state index contributed by atoms with van der Waals surface area (Å²) in [6.45, 7) is 2.80. The number of methoxy groups -OCH3 is 1. The van der Waals surface area contributed by atoms with Crippen molar-refractivity contribution in [3.05, 3.63) is 0 Å². The van der Waals surface area contributed by atoms with E-state index in [9.17, 15) is 4.79 Å². The molecule has 0 amide bonds. The normalized spacial score (nSPS) is 11.8.